The number of hydrogen-bond donors (Lipinski definition) is 2. The largest absolute Gasteiger partial charge is 0.393 e. The summed E-state index contributed by atoms with van der Waals surface area (Å²) in [6.07, 6.45) is 1.94. The van der Waals surface area contributed by atoms with Gasteiger partial charge in [-0.15, -0.1) is 0 Å². The topological polar surface area (TPSA) is 35.5 Å². The van der Waals surface area contributed by atoms with E-state index in [1.165, 1.54) is 6.42 Å². The number of rotatable bonds is 6. The summed E-state index contributed by atoms with van der Waals surface area (Å²) < 4.78 is 0. The van der Waals surface area contributed by atoms with Crippen LogP contribution in [0, 0.1) is 17.3 Å². The van der Waals surface area contributed by atoms with Crippen LogP contribution in [-0.2, 0) is 0 Å². The number of aliphatic hydroxyl groups excluding tert-OH is 1. The lowest BCUT2D eigenvalue weighted by Gasteiger charge is -2.40. The molecule has 1 fully saturated rings. The maximum atomic E-state index is 10.4. The molecule has 0 aliphatic carbocycles. The molecule has 1 saturated heterocycles. The van der Waals surface area contributed by atoms with E-state index in [-0.39, 0.29) is 11.5 Å². The van der Waals surface area contributed by atoms with Crippen molar-refractivity contribution in [2.24, 2.45) is 17.3 Å². The zero-order valence-corrected chi connectivity index (χ0v) is 14.4. The molecule has 1 aliphatic rings. The lowest BCUT2D eigenvalue weighted by molar-refractivity contribution is 0.0226. The van der Waals surface area contributed by atoms with Gasteiger partial charge in [-0.25, -0.2) is 0 Å². The Morgan fingerprint density at radius 3 is 2.40 bits per heavy atom. The van der Waals surface area contributed by atoms with Gasteiger partial charge in [0.2, 0.25) is 0 Å². The van der Waals surface area contributed by atoms with Gasteiger partial charge < -0.3 is 15.3 Å². The minimum absolute atomic E-state index is 0.00461. The lowest BCUT2D eigenvalue weighted by Crippen LogP contribution is -2.50. The quantitative estimate of drug-likeness (QED) is 0.787. The molecule has 0 radical (unpaired) electrons. The Hall–Kier alpha value is -0.120. The fourth-order valence-corrected chi connectivity index (χ4v) is 2.95. The number of nitrogens with zero attached hydrogens (tertiary/aromatic N) is 1. The summed E-state index contributed by atoms with van der Waals surface area (Å²) in [4.78, 5) is 2.53. The molecule has 1 aliphatic heterocycles. The Morgan fingerprint density at radius 1 is 1.25 bits per heavy atom. The SMILES string of the molecule is CCN1CC(CC(O)C(C)(C)C)CC(NCC(C)C)C1. The van der Waals surface area contributed by atoms with Gasteiger partial charge in [0, 0.05) is 19.1 Å². The maximum Gasteiger partial charge on any atom is 0.0591 e. The van der Waals surface area contributed by atoms with Gasteiger partial charge in [-0.1, -0.05) is 41.5 Å². The van der Waals surface area contributed by atoms with E-state index in [0.717, 1.165) is 32.6 Å². The fraction of sp³-hybridized carbons (Fsp3) is 1.00. The smallest absolute Gasteiger partial charge is 0.0591 e. The van der Waals surface area contributed by atoms with Crippen LogP contribution in [0.4, 0.5) is 0 Å². The van der Waals surface area contributed by atoms with Crippen molar-refractivity contribution in [3.63, 3.8) is 0 Å². The van der Waals surface area contributed by atoms with E-state index in [1.54, 1.807) is 0 Å². The van der Waals surface area contributed by atoms with E-state index in [4.69, 9.17) is 0 Å². The third kappa shape index (κ3) is 6.11. The first kappa shape index (κ1) is 17.9. The van der Waals surface area contributed by atoms with E-state index >= 15 is 0 Å². The van der Waals surface area contributed by atoms with Crippen LogP contribution in [-0.4, -0.2) is 48.3 Å². The summed E-state index contributed by atoms with van der Waals surface area (Å²) >= 11 is 0. The zero-order valence-electron chi connectivity index (χ0n) is 14.4. The molecule has 1 heterocycles. The van der Waals surface area contributed by atoms with Crippen molar-refractivity contribution < 1.29 is 5.11 Å². The number of hydrogen-bond acceptors (Lipinski definition) is 3. The molecule has 1 rings (SSSR count). The number of aliphatic hydroxyl groups is 1. The predicted octanol–water partition coefficient (Wildman–Crippen LogP) is 2.74. The zero-order chi connectivity index (χ0) is 15.3. The summed E-state index contributed by atoms with van der Waals surface area (Å²) in [6.45, 7) is 17.7. The molecular weight excluding hydrogens is 248 g/mol. The van der Waals surface area contributed by atoms with E-state index in [1.807, 2.05) is 0 Å². The van der Waals surface area contributed by atoms with Crippen LogP contribution in [0.25, 0.3) is 0 Å². The van der Waals surface area contributed by atoms with Gasteiger partial charge >= 0.3 is 0 Å². The summed E-state index contributed by atoms with van der Waals surface area (Å²) in [5.74, 6) is 1.31. The van der Waals surface area contributed by atoms with E-state index in [9.17, 15) is 5.11 Å². The molecule has 120 valence electrons. The summed E-state index contributed by atoms with van der Waals surface area (Å²) in [7, 11) is 0. The third-order valence-corrected chi connectivity index (χ3v) is 4.43. The second kappa shape index (κ2) is 7.77. The van der Waals surface area contributed by atoms with Crippen molar-refractivity contribution in [2.75, 3.05) is 26.2 Å². The highest BCUT2D eigenvalue weighted by molar-refractivity contribution is 4.86. The number of likely N-dealkylation sites (tertiary alicyclic amines) is 1. The van der Waals surface area contributed by atoms with Gasteiger partial charge in [0.15, 0.2) is 0 Å². The van der Waals surface area contributed by atoms with Gasteiger partial charge in [-0.05, 0) is 43.2 Å². The van der Waals surface area contributed by atoms with E-state index < -0.39 is 0 Å². The Balaban J connectivity index is 2.53. The second-order valence-electron chi connectivity index (χ2n) is 8.07. The highest BCUT2D eigenvalue weighted by Gasteiger charge is 2.31. The van der Waals surface area contributed by atoms with Crippen molar-refractivity contribution in [3.05, 3.63) is 0 Å². The van der Waals surface area contributed by atoms with Crippen LogP contribution in [0.1, 0.15) is 54.4 Å². The second-order valence-corrected chi connectivity index (χ2v) is 8.07. The van der Waals surface area contributed by atoms with Gasteiger partial charge in [-0.3, -0.25) is 0 Å². The first-order valence-electron chi connectivity index (χ1n) is 8.36. The molecule has 0 amide bonds. The fourth-order valence-electron chi connectivity index (χ4n) is 2.95. The van der Waals surface area contributed by atoms with Gasteiger partial charge in [0.05, 0.1) is 6.10 Å². The van der Waals surface area contributed by atoms with Crippen LogP contribution < -0.4 is 5.32 Å². The molecule has 3 heteroatoms. The average Bonchev–Trinajstić information content (AvgIpc) is 2.34. The van der Waals surface area contributed by atoms with Crippen LogP contribution in [0.5, 0.6) is 0 Å². The molecule has 3 atom stereocenters. The number of likely N-dealkylation sites (N-methyl/N-ethyl adjacent to an activating group) is 1. The average molecular weight is 284 g/mol. The minimum atomic E-state index is -0.199. The van der Waals surface area contributed by atoms with Crippen LogP contribution in [0.15, 0.2) is 0 Å². The summed E-state index contributed by atoms with van der Waals surface area (Å²) in [6, 6.07) is 0.586. The molecule has 0 bridgehead atoms. The van der Waals surface area contributed by atoms with Crippen molar-refractivity contribution in [1.29, 1.82) is 0 Å². The Kier molecular flexibility index (Phi) is 6.96. The maximum absolute atomic E-state index is 10.4. The molecule has 0 aromatic heterocycles. The number of nitrogens with one attached hydrogen (secondary N) is 1. The summed E-state index contributed by atoms with van der Waals surface area (Å²) in [5, 5.41) is 14.1. The van der Waals surface area contributed by atoms with Crippen molar-refractivity contribution in [2.45, 2.75) is 66.5 Å². The Bertz CT molecular complexity index is 273. The van der Waals surface area contributed by atoms with Gasteiger partial charge in [0.25, 0.3) is 0 Å². The van der Waals surface area contributed by atoms with Crippen LogP contribution in [0.2, 0.25) is 0 Å². The molecule has 0 spiro atoms. The lowest BCUT2D eigenvalue weighted by atomic mass is 9.80. The van der Waals surface area contributed by atoms with Crippen molar-refractivity contribution in [1.82, 2.24) is 10.2 Å². The van der Waals surface area contributed by atoms with E-state index in [2.05, 4.69) is 51.8 Å². The van der Waals surface area contributed by atoms with E-state index in [0.29, 0.717) is 17.9 Å². The minimum Gasteiger partial charge on any atom is -0.393 e. The van der Waals surface area contributed by atoms with Gasteiger partial charge in [0.1, 0.15) is 0 Å². The first-order chi connectivity index (χ1) is 9.22. The van der Waals surface area contributed by atoms with Crippen molar-refractivity contribution >= 4 is 0 Å². The number of piperidine rings is 1. The van der Waals surface area contributed by atoms with Crippen molar-refractivity contribution in [3.8, 4) is 0 Å². The molecule has 2 N–H and O–H groups in total. The molecule has 0 aromatic carbocycles. The first-order valence-corrected chi connectivity index (χ1v) is 8.36. The standard InChI is InChI=1S/C17H36N2O/c1-7-19-11-14(9-16(20)17(4,5)6)8-15(12-19)18-10-13(2)3/h13-16,18,20H,7-12H2,1-6H3. The highest BCUT2D eigenvalue weighted by Crippen LogP contribution is 2.29. The molecule has 20 heavy (non-hydrogen) atoms. The molecular formula is C17H36N2O. The van der Waals surface area contributed by atoms with Crippen LogP contribution in [0.3, 0.4) is 0 Å². The molecule has 0 saturated carbocycles. The Labute approximate surface area is 126 Å². The van der Waals surface area contributed by atoms with Gasteiger partial charge in [-0.2, -0.15) is 0 Å². The third-order valence-electron chi connectivity index (χ3n) is 4.43. The summed E-state index contributed by atoms with van der Waals surface area (Å²) in [5.41, 5.74) is -0.00461. The monoisotopic (exact) mass is 284 g/mol. The highest BCUT2D eigenvalue weighted by atomic mass is 16.3. The molecule has 0 aromatic rings. The Morgan fingerprint density at radius 2 is 1.90 bits per heavy atom. The van der Waals surface area contributed by atoms with Crippen LogP contribution >= 0.6 is 0 Å². The molecule has 3 unspecified atom stereocenters. The predicted molar refractivity (Wildman–Crippen MR) is 86.9 cm³/mol. The normalized spacial score (nSPS) is 27.0. The molecule has 3 nitrogen and oxygen atoms in total.